The van der Waals surface area contributed by atoms with Crippen molar-refractivity contribution < 1.29 is 9.53 Å². The molecule has 0 N–H and O–H groups in total. The van der Waals surface area contributed by atoms with Gasteiger partial charge < -0.3 is 9.30 Å². The Morgan fingerprint density at radius 2 is 1.68 bits per heavy atom. The van der Waals surface area contributed by atoms with Crippen LogP contribution < -0.4 is 14.9 Å². The summed E-state index contributed by atoms with van der Waals surface area (Å²) in [5.41, 5.74) is 4.40. The number of carbonyl (C=O) groups excluding carboxylic acids is 1. The van der Waals surface area contributed by atoms with Crippen molar-refractivity contribution in [2.24, 2.45) is 4.99 Å². The standard InChI is InChI=1S/C33H29N3O3S/c1-4-39-32(38)28-29(22-13-7-5-8-14-22)34-33-36(30(28)23-15-9-6-10-16-23)31(37)27(40-33)19-24-20-35(21(2)3)26-18-12-11-17-25(24)26/h5-21,30H,4H2,1-3H3/b27-19-/t30-/m1/s1. The van der Waals surface area contributed by atoms with Crippen molar-refractivity contribution in [1.29, 1.82) is 0 Å². The van der Waals surface area contributed by atoms with Gasteiger partial charge in [-0.1, -0.05) is 90.2 Å². The molecular formula is C33H29N3O3S. The topological polar surface area (TPSA) is 65.6 Å². The summed E-state index contributed by atoms with van der Waals surface area (Å²) >= 11 is 1.34. The first kappa shape index (κ1) is 25.8. The van der Waals surface area contributed by atoms with Gasteiger partial charge in [-0.05, 0) is 38.5 Å². The quantitative estimate of drug-likeness (QED) is 0.265. The molecule has 0 bridgehead atoms. The zero-order chi connectivity index (χ0) is 27.8. The van der Waals surface area contributed by atoms with Gasteiger partial charge in [-0.3, -0.25) is 9.36 Å². The minimum absolute atomic E-state index is 0.187. The molecular weight excluding hydrogens is 518 g/mol. The molecule has 5 aromatic rings. The predicted octanol–water partition coefficient (Wildman–Crippen LogP) is 5.47. The lowest BCUT2D eigenvalue weighted by Gasteiger charge is -2.25. The summed E-state index contributed by atoms with van der Waals surface area (Å²) in [5.74, 6) is -0.478. The van der Waals surface area contributed by atoms with Crippen molar-refractivity contribution in [3.8, 4) is 0 Å². The number of fused-ring (bicyclic) bond motifs is 2. The Morgan fingerprint density at radius 1 is 1.00 bits per heavy atom. The number of carbonyl (C=O) groups is 1. The predicted molar refractivity (Wildman–Crippen MR) is 160 cm³/mol. The molecule has 1 aliphatic heterocycles. The number of hydrogen-bond donors (Lipinski definition) is 0. The number of nitrogens with zero attached hydrogens (tertiary/aromatic N) is 3. The van der Waals surface area contributed by atoms with Crippen molar-refractivity contribution in [2.45, 2.75) is 32.9 Å². The van der Waals surface area contributed by atoms with E-state index in [1.807, 2.05) is 78.9 Å². The molecule has 0 amide bonds. The maximum absolute atomic E-state index is 14.1. The van der Waals surface area contributed by atoms with E-state index in [-0.39, 0.29) is 18.2 Å². The zero-order valence-corrected chi connectivity index (χ0v) is 23.4. The van der Waals surface area contributed by atoms with E-state index < -0.39 is 12.0 Å². The van der Waals surface area contributed by atoms with Gasteiger partial charge >= 0.3 is 5.97 Å². The monoisotopic (exact) mass is 547 g/mol. The van der Waals surface area contributed by atoms with Crippen LogP contribution in [0, 0.1) is 0 Å². The maximum Gasteiger partial charge on any atom is 0.338 e. The normalized spacial score (nSPS) is 15.4. The van der Waals surface area contributed by atoms with Gasteiger partial charge in [0.25, 0.3) is 5.56 Å². The average molecular weight is 548 g/mol. The van der Waals surface area contributed by atoms with E-state index in [1.54, 1.807) is 11.5 Å². The van der Waals surface area contributed by atoms with Crippen LogP contribution >= 0.6 is 11.3 Å². The van der Waals surface area contributed by atoms with Crippen molar-refractivity contribution in [3.63, 3.8) is 0 Å². The zero-order valence-electron chi connectivity index (χ0n) is 22.6. The number of thiazole rings is 1. The molecule has 0 saturated heterocycles. The van der Waals surface area contributed by atoms with Crippen LogP contribution in [-0.2, 0) is 9.53 Å². The molecule has 3 heterocycles. The van der Waals surface area contributed by atoms with Crippen LogP contribution in [0.15, 0.2) is 106 Å². The summed E-state index contributed by atoms with van der Waals surface area (Å²) in [6.45, 7) is 6.29. The number of rotatable bonds is 6. The molecule has 0 aliphatic carbocycles. The van der Waals surface area contributed by atoms with Crippen molar-refractivity contribution in [1.82, 2.24) is 9.13 Å². The Balaban J connectivity index is 1.65. The fraction of sp³-hybridized carbons (Fsp3) is 0.182. The fourth-order valence-electron chi connectivity index (χ4n) is 5.31. The van der Waals surface area contributed by atoms with E-state index in [9.17, 15) is 9.59 Å². The van der Waals surface area contributed by atoms with E-state index in [1.165, 1.54) is 11.3 Å². The Bertz CT molecular complexity index is 1930. The van der Waals surface area contributed by atoms with Gasteiger partial charge in [-0.15, -0.1) is 0 Å². The van der Waals surface area contributed by atoms with E-state index in [0.717, 1.165) is 27.6 Å². The lowest BCUT2D eigenvalue weighted by atomic mass is 9.93. The molecule has 0 spiro atoms. The number of hydrogen-bond acceptors (Lipinski definition) is 5. The van der Waals surface area contributed by atoms with Gasteiger partial charge in [-0.2, -0.15) is 0 Å². The Labute approximate surface area is 235 Å². The van der Waals surface area contributed by atoms with Crippen LogP contribution in [-0.4, -0.2) is 21.7 Å². The van der Waals surface area contributed by atoms with Crippen LogP contribution in [0.4, 0.5) is 0 Å². The highest BCUT2D eigenvalue weighted by Gasteiger charge is 2.35. The summed E-state index contributed by atoms with van der Waals surface area (Å²) in [6.07, 6.45) is 4.05. The average Bonchev–Trinajstić information content (AvgIpc) is 3.50. The van der Waals surface area contributed by atoms with Crippen LogP contribution in [0.5, 0.6) is 0 Å². The van der Waals surface area contributed by atoms with Crippen LogP contribution in [0.2, 0.25) is 0 Å². The highest BCUT2D eigenvalue weighted by molar-refractivity contribution is 7.07. The molecule has 1 aliphatic rings. The molecule has 3 aromatic carbocycles. The van der Waals surface area contributed by atoms with E-state index in [0.29, 0.717) is 20.6 Å². The number of esters is 1. The first-order chi connectivity index (χ1) is 19.5. The molecule has 6 rings (SSSR count). The summed E-state index contributed by atoms with van der Waals surface area (Å²) < 4.78 is 9.96. The maximum atomic E-state index is 14.1. The number of para-hydroxylation sites is 1. The molecule has 6 nitrogen and oxygen atoms in total. The molecule has 1 atom stereocenters. The first-order valence-electron chi connectivity index (χ1n) is 13.4. The third kappa shape index (κ3) is 4.42. The SMILES string of the molecule is CCOC(=O)C1=C(c2ccccc2)N=c2s/c(=C\c3cn(C(C)C)c4ccccc34)c(=O)n2[C@@H]1c1ccccc1. The van der Waals surface area contributed by atoms with Crippen LogP contribution in [0.25, 0.3) is 22.7 Å². The molecule has 7 heteroatoms. The van der Waals surface area contributed by atoms with Crippen LogP contribution in [0.3, 0.4) is 0 Å². The Morgan fingerprint density at radius 3 is 2.38 bits per heavy atom. The lowest BCUT2D eigenvalue weighted by molar-refractivity contribution is -0.138. The summed E-state index contributed by atoms with van der Waals surface area (Å²) in [7, 11) is 0. The number of ether oxygens (including phenoxy) is 1. The minimum Gasteiger partial charge on any atom is -0.463 e. The molecule has 0 saturated carbocycles. The highest BCUT2D eigenvalue weighted by Crippen LogP contribution is 2.35. The second kappa shape index (κ2) is 10.6. The second-order valence-electron chi connectivity index (χ2n) is 9.94. The number of benzene rings is 3. The molecule has 0 fully saturated rings. The largest absolute Gasteiger partial charge is 0.463 e. The fourth-order valence-corrected chi connectivity index (χ4v) is 6.30. The highest BCUT2D eigenvalue weighted by atomic mass is 32.1. The molecule has 0 radical (unpaired) electrons. The van der Waals surface area contributed by atoms with E-state index in [4.69, 9.17) is 9.73 Å². The Hall–Kier alpha value is -4.49. The molecule has 0 unspecified atom stereocenters. The smallest absolute Gasteiger partial charge is 0.338 e. The lowest BCUT2D eigenvalue weighted by Crippen LogP contribution is -2.39. The summed E-state index contributed by atoms with van der Waals surface area (Å²) in [6, 6.07) is 27.0. The van der Waals surface area contributed by atoms with Gasteiger partial charge in [0.1, 0.15) is 0 Å². The third-order valence-corrected chi connectivity index (χ3v) is 8.09. The van der Waals surface area contributed by atoms with Gasteiger partial charge in [0.05, 0.1) is 28.5 Å². The van der Waals surface area contributed by atoms with Crippen LogP contribution in [0.1, 0.15) is 49.5 Å². The van der Waals surface area contributed by atoms with Gasteiger partial charge in [0.15, 0.2) is 4.80 Å². The van der Waals surface area contributed by atoms with E-state index >= 15 is 0 Å². The molecule has 2 aromatic heterocycles. The van der Waals surface area contributed by atoms with Gasteiger partial charge in [-0.25, -0.2) is 9.79 Å². The number of aromatic nitrogens is 2. The van der Waals surface area contributed by atoms with Gasteiger partial charge in [0, 0.05) is 34.3 Å². The minimum atomic E-state index is -0.675. The second-order valence-corrected chi connectivity index (χ2v) is 11.0. The van der Waals surface area contributed by atoms with Crippen molar-refractivity contribution in [2.75, 3.05) is 6.61 Å². The Kier molecular flexibility index (Phi) is 6.82. The van der Waals surface area contributed by atoms with E-state index in [2.05, 4.69) is 36.7 Å². The summed E-state index contributed by atoms with van der Waals surface area (Å²) in [4.78, 5) is 33.2. The third-order valence-electron chi connectivity index (χ3n) is 7.10. The summed E-state index contributed by atoms with van der Waals surface area (Å²) in [5, 5.41) is 1.08. The van der Waals surface area contributed by atoms with Crippen molar-refractivity contribution >= 4 is 40.0 Å². The molecule has 40 heavy (non-hydrogen) atoms. The molecule has 200 valence electrons. The van der Waals surface area contributed by atoms with Gasteiger partial charge in [0.2, 0.25) is 0 Å². The van der Waals surface area contributed by atoms with Crippen molar-refractivity contribution in [3.05, 3.63) is 133 Å². The first-order valence-corrected chi connectivity index (χ1v) is 14.2.